The van der Waals surface area contributed by atoms with Crippen molar-refractivity contribution in [3.8, 4) is 11.1 Å². The van der Waals surface area contributed by atoms with Gasteiger partial charge in [0.15, 0.2) is 5.78 Å². The second kappa shape index (κ2) is 9.17. The van der Waals surface area contributed by atoms with Crippen LogP contribution in [0.2, 0.25) is 0 Å². The topological polar surface area (TPSA) is 99.6 Å². The lowest BCUT2D eigenvalue weighted by Gasteiger charge is -2.15. The van der Waals surface area contributed by atoms with Crippen molar-refractivity contribution in [1.82, 2.24) is 24.5 Å². The van der Waals surface area contributed by atoms with Gasteiger partial charge in [0, 0.05) is 64.9 Å². The molecule has 0 spiro atoms. The zero-order chi connectivity index (χ0) is 23.1. The molecule has 34 heavy (non-hydrogen) atoms. The van der Waals surface area contributed by atoms with Crippen LogP contribution >= 0.6 is 0 Å². The number of hydrogen-bond acceptors (Lipinski definition) is 6. The third kappa shape index (κ3) is 4.21. The van der Waals surface area contributed by atoms with Crippen molar-refractivity contribution >= 4 is 22.4 Å². The molecule has 7 nitrogen and oxygen atoms in total. The SMILES string of the molecule is C.CC(=O)C(=C(C)N)c1cnc2c(-c3cnc(C4CC4)nc3)cn([C@@H](C)c3ccccn3)c2c1. The summed E-state index contributed by atoms with van der Waals surface area (Å²) < 4.78 is 2.14. The molecular weight excluding hydrogens is 424 g/mol. The van der Waals surface area contributed by atoms with Gasteiger partial charge in [-0.3, -0.25) is 14.8 Å². The van der Waals surface area contributed by atoms with Gasteiger partial charge in [-0.25, -0.2) is 9.97 Å². The average Bonchev–Trinajstić information content (AvgIpc) is 3.60. The Kier molecular flexibility index (Phi) is 6.28. The molecule has 5 rings (SSSR count). The number of Topliss-reactive ketones (excluding diaryl/α,β-unsaturated/α-hetero) is 1. The van der Waals surface area contributed by atoms with Crippen LogP contribution in [0.4, 0.5) is 0 Å². The van der Waals surface area contributed by atoms with Crippen LogP contribution in [0.1, 0.15) is 70.1 Å². The van der Waals surface area contributed by atoms with E-state index in [-0.39, 0.29) is 19.3 Å². The summed E-state index contributed by atoms with van der Waals surface area (Å²) >= 11 is 0. The maximum absolute atomic E-state index is 12.3. The van der Waals surface area contributed by atoms with Crippen LogP contribution in [0.3, 0.4) is 0 Å². The average molecular weight is 455 g/mol. The van der Waals surface area contributed by atoms with Crippen LogP contribution in [0.25, 0.3) is 27.7 Å². The fraction of sp³-hybridized carbons (Fsp3) is 0.296. The standard InChI is InChI=1S/C26H26N6O.CH4/c1-15(27)24(17(3)33)19-10-23-25(29-11-19)21(20-12-30-26(31-13-20)18-7-8-18)14-32(23)16(2)22-6-4-5-9-28-22;/h4-6,9-14,16,18H,7-8,27H2,1-3H3;1H4/t16-;/m0./s1. The van der Waals surface area contributed by atoms with E-state index in [9.17, 15) is 4.79 Å². The van der Waals surface area contributed by atoms with Gasteiger partial charge in [-0.05, 0) is 51.8 Å². The third-order valence-corrected chi connectivity index (χ3v) is 6.16. The monoisotopic (exact) mass is 454 g/mol. The molecule has 0 radical (unpaired) electrons. The number of nitrogens with two attached hydrogens (primary N) is 1. The largest absolute Gasteiger partial charge is 0.402 e. The van der Waals surface area contributed by atoms with Crippen molar-refractivity contribution in [2.45, 2.75) is 53.0 Å². The predicted molar refractivity (Wildman–Crippen MR) is 135 cm³/mol. The molecule has 7 heteroatoms. The number of aromatic nitrogens is 5. The molecule has 0 amide bonds. The zero-order valence-electron chi connectivity index (χ0n) is 19.0. The van der Waals surface area contributed by atoms with Crippen LogP contribution in [-0.2, 0) is 4.79 Å². The molecule has 1 fully saturated rings. The Hall–Kier alpha value is -3.87. The summed E-state index contributed by atoms with van der Waals surface area (Å²) in [5.74, 6) is 1.33. The van der Waals surface area contributed by atoms with E-state index in [1.165, 1.54) is 6.92 Å². The molecule has 174 valence electrons. The Bertz CT molecular complexity index is 1360. The first-order valence-corrected chi connectivity index (χ1v) is 11.2. The molecule has 1 aliphatic carbocycles. The number of ketones is 1. The summed E-state index contributed by atoms with van der Waals surface area (Å²) in [6.45, 7) is 5.36. The van der Waals surface area contributed by atoms with E-state index in [1.54, 1.807) is 19.3 Å². The van der Waals surface area contributed by atoms with E-state index >= 15 is 0 Å². The molecule has 1 saturated carbocycles. The Morgan fingerprint density at radius 3 is 2.41 bits per heavy atom. The third-order valence-electron chi connectivity index (χ3n) is 6.16. The van der Waals surface area contributed by atoms with Crippen molar-refractivity contribution < 1.29 is 4.79 Å². The van der Waals surface area contributed by atoms with Gasteiger partial charge in [-0.2, -0.15) is 0 Å². The van der Waals surface area contributed by atoms with Gasteiger partial charge in [-0.15, -0.1) is 0 Å². The number of carbonyl (C=O) groups is 1. The molecular formula is C27H30N6O. The second-order valence-corrected chi connectivity index (χ2v) is 8.69. The van der Waals surface area contributed by atoms with Crippen molar-refractivity contribution in [3.05, 3.63) is 78.0 Å². The first-order chi connectivity index (χ1) is 15.9. The molecule has 0 aromatic carbocycles. The maximum Gasteiger partial charge on any atom is 0.162 e. The van der Waals surface area contributed by atoms with Gasteiger partial charge in [0.05, 0.1) is 22.8 Å². The van der Waals surface area contributed by atoms with Crippen molar-refractivity contribution in [1.29, 1.82) is 0 Å². The highest BCUT2D eigenvalue weighted by atomic mass is 16.1. The van der Waals surface area contributed by atoms with Crippen LogP contribution in [0.15, 0.2) is 60.9 Å². The smallest absolute Gasteiger partial charge is 0.162 e. The lowest BCUT2D eigenvalue weighted by atomic mass is 10.0. The molecule has 1 atom stereocenters. The first kappa shape index (κ1) is 23.3. The summed E-state index contributed by atoms with van der Waals surface area (Å²) in [6, 6.07) is 7.83. The van der Waals surface area contributed by atoms with E-state index in [2.05, 4.69) is 32.6 Å². The molecule has 0 aliphatic heterocycles. The minimum atomic E-state index is -0.0867. The Balaban J connectivity index is 0.00000274. The number of carbonyl (C=O) groups excluding carboxylic acids is 1. The van der Waals surface area contributed by atoms with E-state index in [1.807, 2.05) is 36.7 Å². The normalized spacial score (nSPS) is 14.9. The van der Waals surface area contributed by atoms with E-state index in [4.69, 9.17) is 10.7 Å². The van der Waals surface area contributed by atoms with Gasteiger partial charge < -0.3 is 10.3 Å². The molecule has 1 aliphatic rings. The quantitative estimate of drug-likeness (QED) is 0.397. The fourth-order valence-corrected chi connectivity index (χ4v) is 4.30. The predicted octanol–water partition coefficient (Wildman–Crippen LogP) is 5.29. The summed E-state index contributed by atoms with van der Waals surface area (Å²) in [5, 5.41) is 0. The van der Waals surface area contributed by atoms with Gasteiger partial charge in [0.25, 0.3) is 0 Å². The number of pyridine rings is 2. The van der Waals surface area contributed by atoms with Crippen molar-refractivity contribution in [3.63, 3.8) is 0 Å². The van der Waals surface area contributed by atoms with Gasteiger partial charge in [0.1, 0.15) is 5.82 Å². The second-order valence-electron chi connectivity index (χ2n) is 8.69. The number of fused-ring (bicyclic) bond motifs is 1. The Morgan fingerprint density at radius 2 is 1.82 bits per heavy atom. The molecule has 4 aromatic rings. The molecule has 0 saturated heterocycles. The summed E-state index contributed by atoms with van der Waals surface area (Å²) in [5.41, 5.74) is 12.2. The summed E-state index contributed by atoms with van der Waals surface area (Å²) in [6.07, 6.45) is 11.7. The molecule has 0 bridgehead atoms. The van der Waals surface area contributed by atoms with Gasteiger partial charge in [0.2, 0.25) is 0 Å². The molecule has 4 aromatic heterocycles. The number of allylic oxidation sites excluding steroid dienone is 2. The number of hydrogen-bond donors (Lipinski definition) is 1. The molecule has 0 unspecified atom stereocenters. The lowest BCUT2D eigenvalue weighted by Crippen LogP contribution is -2.08. The highest BCUT2D eigenvalue weighted by molar-refractivity contribution is 6.20. The minimum absolute atomic E-state index is 0. The van der Waals surface area contributed by atoms with Crippen molar-refractivity contribution in [2.75, 3.05) is 0 Å². The number of rotatable bonds is 6. The van der Waals surface area contributed by atoms with E-state index in [0.717, 1.165) is 46.5 Å². The van der Waals surface area contributed by atoms with Crippen LogP contribution in [0, 0.1) is 0 Å². The van der Waals surface area contributed by atoms with Crippen LogP contribution < -0.4 is 5.73 Å². The van der Waals surface area contributed by atoms with Crippen LogP contribution in [0.5, 0.6) is 0 Å². The van der Waals surface area contributed by atoms with Crippen molar-refractivity contribution in [2.24, 2.45) is 5.73 Å². The zero-order valence-corrected chi connectivity index (χ0v) is 19.0. The molecule has 4 heterocycles. The van der Waals surface area contributed by atoms with Gasteiger partial charge >= 0.3 is 0 Å². The minimum Gasteiger partial charge on any atom is -0.402 e. The highest BCUT2D eigenvalue weighted by Gasteiger charge is 2.26. The van der Waals surface area contributed by atoms with E-state index in [0.29, 0.717) is 22.8 Å². The number of nitrogens with zero attached hydrogens (tertiary/aromatic N) is 5. The highest BCUT2D eigenvalue weighted by Crippen LogP contribution is 2.39. The fourth-order valence-electron chi connectivity index (χ4n) is 4.30. The summed E-state index contributed by atoms with van der Waals surface area (Å²) in [4.78, 5) is 30.8. The Morgan fingerprint density at radius 1 is 1.09 bits per heavy atom. The Labute approximate surface area is 199 Å². The maximum atomic E-state index is 12.3. The molecule has 2 N–H and O–H groups in total. The first-order valence-electron chi connectivity index (χ1n) is 11.2. The van der Waals surface area contributed by atoms with Crippen LogP contribution in [-0.4, -0.2) is 30.3 Å². The summed E-state index contributed by atoms with van der Waals surface area (Å²) in [7, 11) is 0. The van der Waals surface area contributed by atoms with Gasteiger partial charge in [-0.1, -0.05) is 13.5 Å². The lowest BCUT2D eigenvalue weighted by molar-refractivity contribution is -0.111. The van der Waals surface area contributed by atoms with E-state index < -0.39 is 0 Å².